The summed E-state index contributed by atoms with van der Waals surface area (Å²) in [6.07, 6.45) is 1.37. The average molecular weight is 327 g/mol. The number of benzene rings is 2. The van der Waals surface area contributed by atoms with E-state index in [1.807, 2.05) is 18.2 Å². The predicted octanol–water partition coefficient (Wildman–Crippen LogP) is 2.99. The lowest BCUT2D eigenvalue weighted by Gasteiger charge is -2.32. The first-order chi connectivity index (χ1) is 11.7. The van der Waals surface area contributed by atoms with Crippen LogP contribution in [-0.4, -0.2) is 37.6 Å². The van der Waals surface area contributed by atoms with Gasteiger partial charge in [-0.15, -0.1) is 0 Å². The molecule has 1 aliphatic rings. The molecule has 0 aliphatic carbocycles. The van der Waals surface area contributed by atoms with Crippen molar-refractivity contribution in [1.82, 2.24) is 5.32 Å². The van der Waals surface area contributed by atoms with Gasteiger partial charge in [-0.1, -0.05) is 42.5 Å². The highest BCUT2D eigenvalue weighted by Crippen LogP contribution is 2.27. The first kappa shape index (κ1) is 17.0. The molecule has 0 amide bonds. The Kier molecular flexibility index (Phi) is 5.51. The van der Waals surface area contributed by atoms with Crippen molar-refractivity contribution in [2.45, 2.75) is 25.0 Å². The van der Waals surface area contributed by atoms with Gasteiger partial charge < -0.3 is 19.9 Å². The van der Waals surface area contributed by atoms with E-state index in [4.69, 9.17) is 9.47 Å². The summed E-state index contributed by atoms with van der Waals surface area (Å²) < 4.78 is 10.9. The third-order valence-electron chi connectivity index (χ3n) is 4.59. The minimum Gasteiger partial charge on any atom is -0.496 e. The highest BCUT2D eigenvalue weighted by atomic mass is 16.5. The van der Waals surface area contributed by atoms with Gasteiger partial charge in [-0.05, 0) is 17.2 Å². The quantitative estimate of drug-likeness (QED) is 0.856. The highest BCUT2D eigenvalue weighted by molar-refractivity contribution is 5.66. The van der Waals surface area contributed by atoms with Gasteiger partial charge in [0.05, 0.1) is 12.7 Å². The van der Waals surface area contributed by atoms with E-state index in [9.17, 15) is 5.11 Å². The minimum absolute atomic E-state index is 0.569. The van der Waals surface area contributed by atoms with Crippen molar-refractivity contribution in [3.8, 4) is 16.9 Å². The van der Waals surface area contributed by atoms with Crippen LogP contribution in [0.2, 0.25) is 0 Å². The number of nitrogens with one attached hydrogen (secondary N) is 1. The Morgan fingerprint density at radius 2 is 1.83 bits per heavy atom. The number of aliphatic hydroxyl groups is 1. The second-order valence-corrected chi connectivity index (χ2v) is 6.33. The summed E-state index contributed by atoms with van der Waals surface area (Å²) in [6, 6.07) is 16.5. The monoisotopic (exact) mass is 327 g/mol. The molecule has 1 saturated heterocycles. The lowest BCUT2D eigenvalue weighted by Crippen LogP contribution is -2.44. The molecule has 0 unspecified atom stereocenters. The molecular formula is C20H25NO3. The fraction of sp³-hybridized carbons (Fsp3) is 0.400. The van der Waals surface area contributed by atoms with E-state index in [0.29, 0.717) is 39.1 Å². The fourth-order valence-corrected chi connectivity index (χ4v) is 3.06. The van der Waals surface area contributed by atoms with Crippen molar-refractivity contribution in [3.05, 3.63) is 54.1 Å². The Morgan fingerprint density at radius 1 is 1.08 bits per heavy atom. The molecule has 1 aliphatic heterocycles. The van der Waals surface area contributed by atoms with Crippen LogP contribution < -0.4 is 10.1 Å². The van der Waals surface area contributed by atoms with Crippen molar-refractivity contribution in [2.24, 2.45) is 0 Å². The van der Waals surface area contributed by atoms with E-state index in [1.54, 1.807) is 7.11 Å². The van der Waals surface area contributed by atoms with Crippen LogP contribution in [0.5, 0.6) is 5.75 Å². The van der Waals surface area contributed by atoms with Gasteiger partial charge in [0.15, 0.2) is 0 Å². The van der Waals surface area contributed by atoms with Crippen LogP contribution >= 0.6 is 0 Å². The van der Waals surface area contributed by atoms with Crippen LogP contribution in [0.15, 0.2) is 48.5 Å². The summed E-state index contributed by atoms with van der Waals surface area (Å²) in [4.78, 5) is 0. The van der Waals surface area contributed by atoms with E-state index in [2.05, 4.69) is 35.6 Å². The van der Waals surface area contributed by atoms with Crippen LogP contribution in [0.25, 0.3) is 11.1 Å². The Morgan fingerprint density at radius 3 is 2.54 bits per heavy atom. The summed E-state index contributed by atoms with van der Waals surface area (Å²) in [5, 5.41) is 13.9. The normalized spacial score (nSPS) is 16.8. The molecule has 0 spiro atoms. The zero-order chi connectivity index (χ0) is 16.8. The molecule has 128 valence electrons. The summed E-state index contributed by atoms with van der Waals surface area (Å²) in [6.45, 7) is 2.50. The third-order valence-corrected chi connectivity index (χ3v) is 4.59. The lowest BCUT2D eigenvalue weighted by atomic mass is 9.94. The predicted molar refractivity (Wildman–Crippen MR) is 95.1 cm³/mol. The van der Waals surface area contributed by atoms with Crippen LogP contribution in [-0.2, 0) is 11.3 Å². The van der Waals surface area contributed by atoms with E-state index < -0.39 is 5.60 Å². The molecule has 1 heterocycles. The molecule has 2 aromatic carbocycles. The number of hydrogen-bond acceptors (Lipinski definition) is 4. The number of hydrogen-bond donors (Lipinski definition) is 2. The molecule has 2 aromatic rings. The summed E-state index contributed by atoms with van der Waals surface area (Å²) in [7, 11) is 1.69. The van der Waals surface area contributed by atoms with E-state index >= 15 is 0 Å². The first-order valence-electron chi connectivity index (χ1n) is 8.43. The highest BCUT2D eigenvalue weighted by Gasteiger charge is 2.29. The second-order valence-electron chi connectivity index (χ2n) is 6.33. The molecule has 0 bridgehead atoms. The van der Waals surface area contributed by atoms with Gasteiger partial charge >= 0.3 is 0 Å². The van der Waals surface area contributed by atoms with Gasteiger partial charge in [-0.25, -0.2) is 0 Å². The molecule has 2 N–H and O–H groups in total. The Hall–Kier alpha value is -1.88. The average Bonchev–Trinajstić information content (AvgIpc) is 2.63. The minimum atomic E-state index is -0.657. The Bertz CT molecular complexity index is 651. The van der Waals surface area contributed by atoms with E-state index in [-0.39, 0.29) is 0 Å². The summed E-state index contributed by atoms with van der Waals surface area (Å²) >= 11 is 0. The van der Waals surface area contributed by atoms with Crippen molar-refractivity contribution >= 4 is 0 Å². The first-order valence-corrected chi connectivity index (χ1v) is 8.43. The maximum Gasteiger partial charge on any atom is 0.123 e. The van der Waals surface area contributed by atoms with Crippen molar-refractivity contribution in [3.63, 3.8) is 0 Å². The SMILES string of the molecule is COc1cc(-c2ccccc2)ccc1CNCC1(O)CCOCC1. The standard InChI is InChI=1S/C20H25NO3/c1-23-19-13-17(16-5-3-2-4-6-16)7-8-18(19)14-21-15-20(22)9-11-24-12-10-20/h2-8,13,21-22H,9-12,14-15H2,1H3. The van der Waals surface area contributed by atoms with Crippen molar-refractivity contribution < 1.29 is 14.6 Å². The van der Waals surface area contributed by atoms with Crippen LogP contribution in [0.1, 0.15) is 18.4 Å². The summed E-state index contributed by atoms with van der Waals surface area (Å²) in [5.74, 6) is 0.864. The van der Waals surface area contributed by atoms with Crippen molar-refractivity contribution in [1.29, 1.82) is 0 Å². The zero-order valence-corrected chi connectivity index (χ0v) is 14.1. The maximum atomic E-state index is 10.5. The number of ether oxygens (including phenoxy) is 2. The molecule has 4 heteroatoms. The molecular weight excluding hydrogens is 302 g/mol. The largest absolute Gasteiger partial charge is 0.496 e. The van der Waals surface area contributed by atoms with E-state index in [1.165, 1.54) is 5.56 Å². The number of methoxy groups -OCH3 is 1. The Balaban J connectivity index is 1.65. The van der Waals surface area contributed by atoms with Gasteiger partial charge in [0.2, 0.25) is 0 Å². The molecule has 1 fully saturated rings. The molecule has 3 rings (SSSR count). The third kappa shape index (κ3) is 4.15. The molecule has 0 saturated carbocycles. The molecule has 24 heavy (non-hydrogen) atoms. The molecule has 0 atom stereocenters. The topological polar surface area (TPSA) is 50.7 Å². The maximum absolute atomic E-state index is 10.5. The Labute approximate surface area is 143 Å². The smallest absolute Gasteiger partial charge is 0.123 e. The van der Waals surface area contributed by atoms with Gasteiger partial charge in [0.1, 0.15) is 5.75 Å². The van der Waals surface area contributed by atoms with E-state index in [0.717, 1.165) is 16.9 Å². The van der Waals surface area contributed by atoms with Gasteiger partial charge in [-0.3, -0.25) is 0 Å². The second kappa shape index (κ2) is 7.79. The number of rotatable bonds is 6. The lowest BCUT2D eigenvalue weighted by molar-refractivity contribution is -0.0617. The molecule has 4 nitrogen and oxygen atoms in total. The van der Waals surface area contributed by atoms with Gasteiger partial charge in [0, 0.05) is 44.7 Å². The molecule has 0 aromatic heterocycles. The van der Waals surface area contributed by atoms with Crippen LogP contribution in [0, 0.1) is 0 Å². The van der Waals surface area contributed by atoms with Crippen LogP contribution in [0.4, 0.5) is 0 Å². The van der Waals surface area contributed by atoms with Crippen molar-refractivity contribution in [2.75, 3.05) is 26.9 Å². The zero-order valence-electron chi connectivity index (χ0n) is 14.1. The van der Waals surface area contributed by atoms with Gasteiger partial charge in [0.25, 0.3) is 0 Å². The van der Waals surface area contributed by atoms with Crippen LogP contribution in [0.3, 0.4) is 0 Å². The summed E-state index contributed by atoms with van der Waals surface area (Å²) in [5.41, 5.74) is 2.74. The van der Waals surface area contributed by atoms with Gasteiger partial charge in [-0.2, -0.15) is 0 Å². The molecule has 0 radical (unpaired) electrons. The fourth-order valence-electron chi connectivity index (χ4n) is 3.06.